The highest BCUT2D eigenvalue weighted by molar-refractivity contribution is 7.91. The quantitative estimate of drug-likeness (QED) is 0.935. The zero-order chi connectivity index (χ0) is 16.5. The highest BCUT2D eigenvalue weighted by Crippen LogP contribution is 2.37. The Balaban J connectivity index is 2.55. The smallest absolute Gasteiger partial charge is 0.268 e. The van der Waals surface area contributed by atoms with E-state index in [1.54, 1.807) is 0 Å². The van der Waals surface area contributed by atoms with Crippen molar-refractivity contribution in [3.63, 3.8) is 0 Å². The van der Waals surface area contributed by atoms with Crippen LogP contribution in [-0.2, 0) is 16.0 Å². The predicted molar refractivity (Wildman–Crippen MR) is 71.9 cm³/mol. The molecule has 0 radical (unpaired) electrons. The zero-order valence-corrected chi connectivity index (χ0v) is 12.1. The number of alkyl halides is 3. The first-order chi connectivity index (χ1) is 10.1. The van der Waals surface area contributed by atoms with Crippen LogP contribution in [0.25, 0.3) is 0 Å². The Kier molecular flexibility index (Phi) is 4.10. The largest absolute Gasteiger partial charge is 0.416 e. The summed E-state index contributed by atoms with van der Waals surface area (Å²) in [5.41, 5.74) is -2.00. The van der Waals surface area contributed by atoms with E-state index in [1.165, 1.54) is 12.1 Å². The van der Waals surface area contributed by atoms with E-state index in [-0.39, 0.29) is 5.56 Å². The van der Waals surface area contributed by atoms with E-state index in [4.69, 9.17) is 0 Å². The molecule has 118 valence electrons. The number of H-pyrrole nitrogens is 1. The Morgan fingerprint density at radius 3 is 2.32 bits per heavy atom. The molecule has 1 N–H and O–H groups in total. The number of sulfone groups is 1. The van der Waals surface area contributed by atoms with E-state index >= 15 is 0 Å². The molecular formula is C13H11F3N2O3S. The van der Waals surface area contributed by atoms with E-state index in [9.17, 15) is 26.4 Å². The Bertz CT molecular complexity index is 824. The lowest BCUT2D eigenvalue weighted by atomic mass is 10.0. The molecule has 22 heavy (non-hydrogen) atoms. The first-order valence-electron chi connectivity index (χ1n) is 6.10. The van der Waals surface area contributed by atoms with Gasteiger partial charge in [-0.3, -0.25) is 4.79 Å². The summed E-state index contributed by atoms with van der Waals surface area (Å²) in [5, 5.41) is 3.37. The first-order valence-corrected chi connectivity index (χ1v) is 7.64. The predicted octanol–water partition coefficient (Wildman–Crippen LogP) is 2.32. The van der Waals surface area contributed by atoms with Crippen molar-refractivity contribution >= 4 is 9.84 Å². The van der Waals surface area contributed by atoms with Gasteiger partial charge in [-0.05, 0) is 24.6 Å². The van der Waals surface area contributed by atoms with Gasteiger partial charge in [0.25, 0.3) is 5.56 Å². The highest BCUT2D eigenvalue weighted by Gasteiger charge is 2.37. The second-order valence-electron chi connectivity index (χ2n) is 4.53. The highest BCUT2D eigenvalue weighted by atomic mass is 32.2. The maximum absolute atomic E-state index is 13.0. The van der Waals surface area contributed by atoms with Crippen LogP contribution in [0.3, 0.4) is 0 Å². The van der Waals surface area contributed by atoms with Gasteiger partial charge in [-0.2, -0.15) is 18.3 Å². The molecule has 2 aromatic rings. The van der Waals surface area contributed by atoms with E-state index in [2.05, 4.69) is 5.10 Å². The molecule has 0 fully saturated rings. The summed E-state index contributed by atoms with van der Waals surface area (Å²) in [6.45, 7) is 1.15. The summed E-state index contributed by atoms with van der Waals surface area (Å²) >= 11 is 0. The van der Waals surface area contributed by atoms with Crippen LogP contribution in [-0.4, -0.2) is 18.6 Å². The van der Waals surface area contributed by atoms with Crippen molar-refractivity contribution in [2.24, 2.45) is 0 Å². The van der Waals surface area contributed by atoms with Crippen LogP contribution < -0.4 is 5.56 Å². The average molecular weight is 332 g/mol. The van der Waals surface area contributed by atoms with Crippen LogP contribution in [0, 0.1) is 0 Å². The van der Waals surface area contributed by atoms with Gasteiger partial charge in [-0.25, -0.2) is 13.5 Å². The van der Waals surface area contributed by atoms with Crippen molar-refractivity contribution in [3.05, 3.63) is 57.9 Å². The third-order valence-corrected chi connectivity index (χ3v) is 5.11. The summed E-state index contributed by atoms with van der Waals surface area (Å²) in [4.78, 5) is 10.9. The van der Waals surface area contributed by atoms with Crippen LogP contribution in [0.1, 0.15) is 23.3 Å². The molecule has 2 rings (SSSR count). The molecule has 0 saturated heterocycles. The number of nitrogens with one attached hydrogen (secondary N) is 1. The Morgan fingerprint density at radius 1 is 1.14 bits per heavy atom. The number of hydrogen-bond donors (Lipinski definition) is 1. The van der Waals surface area contributed by atoms with E-state index in [0.29, 0.717) is 0 Å². The molecule has 0 bridgehead atoms. The third-order valence-electron chi connectivity index (χ3n) is 3.11. The van der Waals surface area contributed by atoms with Gasteiger partial charge in [0, 0.05) is 6.07 Å². The maximum Gasteiger partial charge on any atom is 0.416 e. The second kappa shape index (κ2) is 5.56. The summed E-state index contributed by atoms with van der Waals surface area (Å²) in [6.07, 6.45) is -4.67. The van der Waals surface area contributed by atoms with Gasteiger partial charge in [0.1, 0.15) is 0 Å². The van der Waals surface area contributed by atoms with Gasteiger partial charge in [-0.1, -0.05) is 18.2 Å². The monoisotopic (exact) mass is 332 g/mol. The molecule has 1 aromatic heterocycles. The molecule has 0 aliphatic carbocycles. The van der Waals surface area contributed by atoms with E-state index in [0.717, 1.165) is 31.2 Å². The number of aromatic nitrogens is 2. The lowest BCUT2D eigenvalue weighted by molar-refractivity contribution is -0.138. The summed E-state index contributed by atoms with van der Waals surface area (Å²) in [7, 11) is -4.17. The van der Waals surface area contributed by atoms with Crippen LogP contribution in [0.15, 0.2) is 46.2 Å². The van der Waals surface area contributed by atoms with Crippen LogP contribution in [0.2, 0.25) is 0 Å². The van der Waals surface area contributed by atoms with Crippen LogP contribution in [0.4, 0.5) is 13.2 Å². The minimum absolute atomic E-state index is 0.372. The van der Waals surface area contributed by atoms with Crippen molar-refractivity contribution in [2.75, 3.05) is 0 Å². The number of benzene rings is 1. The fraction of sp³-hybridized carbons (Fsp3) is 0.231. The molecule has 0 aliphatic heterocycles. The van der Waals surface area contributed by atoms with Gasteiger partial charge in [0.15, 0.2) is 5.03 Å². The summed E-state index contributed by atoms with van der Waals surface area (Å²) in [5.74, 6) is 0. The van der Waals surface area contributed by atoms with E-state index < -0.39 is 37.4 Å². The number of nitrogens with zero attached hydrogens (tertiary/aromatic N) is 1. The molecule has 1 atom stereocenters. The fourth-order valence-electron chi connectivity index (χ4n) is 1.95. The molecule has 1 heterocycles. The number of hydrogen-bond acceptors (Lipinski definition) is 4. The first kappa shape index (κ1) is 16.2. The normalized spacial score (nSPS) is 13.8. The average Bonchev–Trinajstić information content (AvgIpc) is 2.46. The Labute approximate surface area is 123 Å². The Morgan fingerprint density at radius 2 is 1.77 bits per heavy atom. The SMILES string of the molecule is CC(c1ccccc1C(F)(F)F)S(=O)(=O)c1ccc(=O)[nH]n1. The number of rotatable bonds is 3. The maximum atomic E-state index is 13.0. The minimum atomic E-state index is -4.67. The molecular weight excluding hydrogens is 321 g/mol. The molecule has 1 aromatic carbocycles. The summed E-state index contributed by atoms with van der Waals surface area (Å²) < 4.78 is 63.7. The van der Waals surface area contributed by atoms with Crippen molar-refractivity contribution in [1.29, 1.82) is 0 Å². The van der Waals surface area contributed by atoms with E-state index in [1.807, 2.05) is 5.10 Å². The minimum Gasteiger partial charge on any atom is -0.268 e. The van der Waals surface area contributed by atoms with Crippen LogP contribution in [0.5, 0.6) is 0 Å². The third kappa shape index (κ3) is 3.03. The standard InChI is InChI=1S/C13H11F3N2O3S/c1-8(9-4-2-3-5-10(9)13(14,15)16)22(20,21)12-7-6-11(19)17-18-12/h2-8H,1H3,(H,17,19). The molecule has 5 nitrogen and oxygen atoms in total. The van der Waals surface area contributed by atoms with Crippen molar-refractivity contribution in [2.45, 2.75) is 23.4 Å². The molecule has 0 spiro atoms. The van der Waals surface area contributed by atoms with Crippen molar-refractivity contribution in [3.8, 4) is 0 Å². The van der Waals surface area contributed by atoms with Gasteiger partial charge in [0.2, 0.25) is 9.84 Å². The number of aromatic amines is 1. The zero-order valence-electron chi connectivity index (χ0n) is 11.3. The van der Waals surface area contributed by atoms with Gasteiger partial charge >= 0.3 is 6.18 Å². The molecule has 0 aliphatic rings. The molecule has 9 heteroatoms. The topological polar surface area (TPSA) is 79.9 Å². The molecule has 1 unspecified atom stereocenters. The van der Waals surface area contributed by atoms with Crippen LogP contribution >= 0.6 is 0 Å². The lowest BCUT2D eigenvalue weighted by Gasteiger charge is -2.18. The lowest BCUT2D eigenvalue weighted by Crippen LogP contribution is -2.19. The second-order valence-corrected chi connectivity index (χ2v) is 6.75. The van der Waals surface area contributed by atoms with Crippen molar-refractivity contribution < 1.29 is 21.6 Å². The fourth-order valence-corrected chi connectivity index (χ4v) is 3.28. The summed E-state index contributed by atoms with van der Waals surface area (Å²) in [6, 6.07) is 6.35. The number of halogens is 3. The molecule has 0 amide bonds. The Hall–Kier alpha value is -2.16. The van der Waals surface area contributed by atoms with Crippen molar-refractivity contribution in [1.82, 2.24) is 10.2 Å². The van der Waals surface area contributed by atoms with Gasteiger partial charge < -0.3 is 0 Å². The van der Waals surface area contributed by atoms with Gasteiger partial charge in [-0.15, -0.1) is 0 Å². The van der Waals surface area contributed by atoms with Gasteiger partial charge in [0.05, 0.1) is 10.8 Å². The molecule has 0 saturated carbocycles.